The van der Waals surface area contributed by atoms with E-state index >= 15 is 0 Å². The molecular formula is C16H26N2O2. The standard InChI is InChI=1S/C16H26N2O2/c1-12(2)16(20)18-9-5-8-17-13(3)15-7-4-6-14(10-15)11-19/h4,6-7,10,12-13,17,19H,5,8-9,11H2,1-3H3,(H,18,20). The maximum atomic E-state index is 11.4. The molecule has 1 aromatic rings. The molecule has 1 aromatic carbocycles. The molecule has 0 aliphatic rings. The van der Waals surface area contributed by atoms with Crippen LogP contribution in [0.25, 0.3) is 0 Å². The van der Waals surface area contributed by atoms with Gasteiger partial charge in [0.15, 0.2) is 0 Å². The summed E-state index contributed by atoms with van der Waals surface area (Å²) in [5.74, 6) is 0.150. The summed E-state index contributed by atoms with van der Waals surface area (Å²) in [6, 6.07) is 8.18. The van der Waals surface area contributed by atoms with Gasteiger partial charge in [0.2, 0.25) is 5.91 Å². The summed E-state index contributed by atoms with van der Waals surface area (Å²) >= 11 is 0. The summed E-state index contributed by atoms with van der Waals surface area (Å²) in [5.41, 5.74) is 2.10. The third kappa shape index (κ3) is 5.72. The van der Waals surface area contributed by atoms with Gasteiger partial charge in [0.05, 0.1) is 6.61 Å². The normalized spacial score (nSPS) is 12.4. The van der Waals surface area contributed by atoms with E-state index in [2.05, 4.69) is 23.6 Å². The molecule has 0 aliphatic carbocycles. The smallest absolute Gasteiger partial charge is 0.222 e. The molecule has 20 heavy (non-hydrogen) atoms. The van der Waals surface area contributed by atoms with Gasteiger partial charge in [-0.3, -0.25) is 4.79 Å². The first kappa shape index (κ1) is 16.7. The summed E-state index contributed by atoms with van der Waals surface area (Å²) in [7, 11) is 0. The molecule has 3 N–H and O–H groups in total. The molecule has 0 radical (unpaired) electrons. The van der Waals surface area contributed by atoms with E-state index < -0.39 is 0 Å². The van der Waals surface area contributed by atoms with E-state index in [9.17, 15) is 4.79 Å². The Balaban J connectivity index is 2.26. The fourth-order valence-corrected chi connectivity index (χ4v) is 1.90. The van der Waals surface area contributed by atoms with Crippen molar-refractivity contribution in [2.24, 2.45) is 5.92 Å². The van der Waals surface area contributed by atoms with E-state index in [4.69, 9.17) is 5.11 Å². The minimum Gasteiger partial charge on any atom is -0.392 e. The van der Waals surface area contributed by atoms with Crippen molar-refractivity contribution in [3.05, 3.63) is 35.4 Å². The number of carbonyl (C=O) groups is 1. The van der Waals surface area contributed by atoms with Crippen molar-refractivity contribution < 1.29 is 9.90 Å². The number of nitrogens with one attached hydrogen (secondary N) is 2. The van der Waals surface area contributed by atoms with Crippen LogP contribution in [0.5, 0.6) is 0 Å². The van der Waals surface area contributed by atoms with Gasteiger partial charge in [-0.25, -0.2) is 0 Å². The van der Waals surface area contributed by atoms with Gasteiger partial charge in [0.1, 0.15) is 0 Å². The average molecular weight is 278 g/mol. The second-order valence-corrected chi connectivity index (χ2v) is 5.38. The Morgan fingerprint density at radius 1 is 1.25 bits per heavy atom. The molecule has 1 atom stereocenters. The zero-order valence-corrected chi connectivity index (χ0v) is 12.6. The van der Waals surface area contributed by atoms with Crippen molar-refractivity contribution >= 4 is 5.91 Å². The summed E-state index contributed by atoms with van der Waals surface area (Å²) < 4.78 is 0. The zero-order valence-electron chi connectivity index (χ0n) is 12.6. The molecule has 1 amide bonds. The highest BCUT2D eigenvalue weighted by atomic mass is 16.3. The van der Waals surface area contributed by atoms with Crippen molar-refractivity contribution in [3.63, 3.8) is 0 Å². The van der Waals surface area contributed by atoms with Crippen LogP contribution >= 0.6 is 0 Å². The fourth-order valence-electron chi connectivity index (χ4n) is 1.90. The number of hydrogen-bond acceptors (Lipinski definition) is 3. The average Bonchev–Trinajstić information content (AvgIpc) is 2.46. The zero-order chi connectivity index (χ0) is 15.0. The highest BCUT2D eigenvalue weighted by Crippen LogP contribution is 2.14. The number of hydrogen-bond donors (Lipinski definition) is 3. The summed E-state index contributed by atoms with van der Waals surface area (Å²) in [6.07, 6.45) is 0.905. The second kappa shape index (κ2) is 8.72. The molecule has 4 heteroatoms. The Kier molecular flexibility index (Phi) is 7.26. The SMILES string of the molecule is CC(C)C(=O)NCCCNC(C)c1cccc(CO)c1. The third-order valence-electron chi connectivity index (χ3n) is 3.26. The van der Waals surface area contributed by atoms with Crippen LogP contribution in [0.15, 0.2) is 24.3 Å². The lowest BCUT2D eigenvalue weighted by Gasteiger charge is -2.15. The molecule has 0 saturated heterocycles. The molecule has 0 saturated carbocycles. The summed E-state index contributed by atoms with van der Waals surface area (Å²) in [4.78, 5) is 11.4. The lowest BCUT2D eigenvalue weighted by Crippen LogP contribution is -2.30. The number of amides is 1. The van der Waals surface area contributed by atoms with E-state index in [0.717, 1.165) is 18.5 Å². The Morgan fingerprint density at radius 3 is 2.65 bits per heavy atom. The van der Waals surface area contributed by atoms with Crippen LogP contribution in [0.4, 0.5) is 0 Å². The number of aliphatic hydroxyl groups excluding tert-OH is 1. The van der Waals surface area contributed by atoms with Crippen molar-refractivity contribution in [2.45, 2.75) is 39.8 Å². The Morgan fingerprint density at radius 2 is 2.00 bits per heavy atom. The van der Waals surface area contributed by atoms with Crippen molar-refractivity contribution in [3.8, 4) is 0 Å². The Hall–Kier alpha value is -1.39. The van der Waals surface area contributed by atoms with Crippen LogP contribution in [0, 0.1) is 5.92 Å². The topological polar surface area (TPSA) is 61.4 Å². The van der Waals surface area contributed by atoms with Gasteiger partial charge in [0, 0.05) is 18.5 Å². The quantitative estimate of drug-likeness (QED) is 0.637. The summed E-state index contributed by atoms with van der Waals surface area (Å²) in [6.45, 7) is 7.51. The Labute approximate surface area is 121 Å². The number of benzene rings is 1. The van der Waals surface area contributed by atoms with Gasteiger partial charge >= 0.3 is 0 Å². The van der Waals surface area contributed by atoms with E-state index in [1.165, 1.54) is 5.56 Å². The first-order valence-corrected chi connectivity index (χ1v) is 7.25. The van der Waals surface area contributed by atoms with Gasteiger partial charge in [-0.15, -0.1) is 0 Å². The number of aliphatic hydroxyl groups is 1. The Bertz CT molecular complexity index is 419. The first-order valence-electron chi connectivity index (χ1n) is 7.25. The molecule has 0 aliphatic heterocycles. The molecule has 4 nitrogen and oxygen atoms in total. The highest BCUT2D eigenvalue weighted by molar-refractivity contribution is 5.77. The number of rotatable bonds is 8. The second-order valence-electron chi connectivity index (χ2n) is 5.38. The highest BCUT2D eigenvalue weighted by Gasteiger charge is 2.06. The van der Waals surface area contributed by atoms with Gasteiger partial charge < -0.3 is 15.7 Å². The maximum Gasteiger partial charge on any atom is 0.222 e. The minimum atomic E-state index is 0.0445. The molecule has 0 bridgehead atoms. The number of carbonyl (C=O) groups excluding carboxylic acids is 1. The lowest BCUT2D eigenvalue weighted by molar-refractivity contribution is -0.123. The van der Waals surface area contributed by atoms with Crippen molar-refractivity contribution in [1.82, 2.24) is 10.6 Å². The van der Waals surface area contributed by atoms with Crippen LogP contribution in [-0.4, -0.2) is 24.1 Å². The van der Waals surface area contributed by atoms with E-state index in [0.29, 0.717) is 6.54 Å². The van der Waals surface area contributed by atoms with Crippen LogP contribution in [0.1, 0.15) is 44.4 Å². The molecule has 0 aromatic heterocycles. The van der Waals surface area contributed by atoms with Crippen molar-refractivity contribution in [1.29, 1.82) is 0 Å². The van der Waals surface area contributed by atoms with Gasteiger partial charge in [0.25, 0.3) is 0 Å². The molecular weight excluding hydrogens is 252 g/mol. The van der Waals surface area contributed by atoms with E-state index in [-0.39, 0.29) is 24.5 Å². The van der Waals surface area contributed by atoms with Gasteiger partial charge in [-0.2, -0.15) is 0 Å². The lowest BCUT2D eigenvalue weighted by atomic mass is 10.1. The molecule has 0 fully saturated rings. The molecule has 112 valence electrons. The summed E-state index contributed by atoms with van der Waals surface area (Å²) in [5, 5.41) is 15.4. The predicted octanol–water partition coefficient (Wildman–Crippen LogP) is 1.99. The first-order chi connectivity index (χ1) is 9.54. The van der Waals surface area contributed by atoms with E-state index in [1.54, 1.807) is 0 Å². The molecule has 1 rings (SSSR count). The predicted molar refractivity (Wildman–Crippen MR) is 81.2 cm³/mol. The van der Waals surface area contributed by atoms with Gasteiger partial charge in [-0.05, 0) is 31.0 Å². The third-order valence-corrected chi connectivity index (χ3v) is 3.26. The largest absolute Gasteiger partial charge is 0.392 e. The maximum absolute atomic E-state index is 11.4. The molecule has 0 heterocycles. The van der Waals surface area contributed by atoms with Crippen LogP contribution in [0.2, 0.25) is 0 Å². The monoisotopic (exact) mass is 278 g/mol. The molecule has 0 spiro atoms. The minimum absolute atomic E-state index is 0.0445. The fraction of sp³-hybridized carbons (Fsp3) is 0.562. The molecule has 1 unspecified atom stereocenters. The van der Waals surface area contributed by atoms with Crippen LogP contribution < -0.4 is 10.6 Å². The van der Waals surface area contributed by atoms with Crippen LogP contribution in [0.3, 0.4) is 0 Å². The van der Waals surface area contributed by atoms with Gasteiger partial charge in [-0.1, -0.05) is 38.1 Å². The van der Waals surface area contributed by atoms with Crippen LogP contribution in [-0.2, 0) is 11.4 Å². The van der Waals surface area contributed by atoms with Crippen molar-refractivity contribution in [2.75, 3.05) is 13.1 Å². The van der Waals surface area contributed by atoms with E-state index in [1.807, 2.05) is 32.0 Å².